The van der Waals surface area contributed by atoms with Gasteiger partial charge in [-0.15, -0.1) is 0 Å². The van der Waals surface area contributed by atoms with Gasteiger partial charge in [0, 0.05) is 12.3 Å². The zero-order chi connectivity index (χ0) is 22.8. The van der Waals surface area contributed by atoms with E-state index in [4.69, 9.17) is 0 Å². The van der Waals surface area contributed by atoms with Crippen LogP contribution >= 0.6 is 0 Å². The molecule has 0 aromatic heterocycles. The van der Waals surface area contributed by atoms with E-state index in [1.165, 1.54) is 63.4 Å². The molecule has 4 rings (SSSR count). The van der Waals surface area contributed by atoms with Crippen LogP contribution in [-0.2, 0) is 4.79 Å². The van der Waals surface area contributed by atoms with Crippen LogP contribution in [0.25, 0.3) is 0 Å². The van der Waals surface area contributed by atoms with Crippen LogP contribution in [0.5, 0.6) is 0 Å². The average molecular weight is 427 g/mol. The van der Waals surface area contributed by atoms with Gasteiger partial charge in [-0.05, 0) is 98.2 Å². The van der Waals surface area contributed by atoms with E-state index in [1.807, 2.05) is 0 Å². The molecule has 4 aliphatic rings. The lowest BCUT2D eigenvalue weighted by atomic mass is 9.41. The number of carbonyl (C=O) groups is 1. The van der Waals surface area contributed by atoms with Crippen molar-refractivity contribution in [3.05, 3.63) is 11.1 Å². The second-order valence-electron chi connectivity index (χ2n) is 13.7. The fraction of sp³-hybridized carbons (Fsp3) is 0.900. The summed E-state index contributed by atoms with van der Waals surface area (Å²) in [7, 11) is 0. The first kappa shape index (κ1) is 23.6. The van der Waals surface area contributed by atoms with E-state index in [9.17, 15) is 4.79 Å². The summed E-state index contributed by atoms with van der Waals surface area (Å²) in [5.41, 5.74) is 4.02. The maximum Gasteiger partial charge on any atom is 0.137 e. The van der Waals surface area contributed by atoms with E-state index in [1.54, 1.807) is 5.57 Å². The Morgan fingerprint density at radius 2 is 1.68 bits per heavy atom. The molecule has 0 aliphatic heterocycles. The van der Waals surface area contributed by atoms with Crippen LogP contribution in [0.15, 0.2) is 11.1 Å². The predicted octanol–water partition coefficient (Wildman–Crippen LogP) is 8.62. The fourth-order valence-electron chi connectivity index (χ4n) is 9.73. The van der Waals surface area contributed by atoms with Crippen molar-refractivity contribution in [3.8, 4) is 0 Å². The highest BCUT2D eigenvalue weighted by Gasteiger charge is 2.68. The lowest BCUT2D eigenvalue weighted by molar-refractivity contribution is -0.167. The minimum Gasteiger partial charge on any atom is -0.299 e. The normalized spacial score (nSPS) is 45.5. The molecule has 31 heavy (non-hydrogen) atoms. The Bertz CT molecular complexity index is 742. The molecule has 0 bridgehead atoms. The Morgan fingerprint density at radius 1 is 0.968 bits per heavy atom. The van der Waals surface area contributed by atoms with Crippen LogP contribution in [0.3, 0.4) is 0 Å². The van der Waals surface area contributed by atoms with Gasteiger partial charge < -0.3 is 0 Å². The van der Waals surface area contributed by atoms with Gasteiger partial charge in [-0.1, -0.05) is 72.0 Å². The van der Waals surface area contributed by atoms with Gasteiger partial charge in [0.2, 0.25) is 0 Å². The van der Waals surface area contributed by atoms with Gasteiger partial charge in [0.1, 0.15) is 5.78 Å². The first-order chi connectivity index (χ1) is 14.5. The standard InChI is InChI=1S/C30H50O/c1-19(2)10-9-11-21(5)23-15-17-29(7)25-13-12-24-22(20(3)4)14-16-28(24,6)27(25)26(31)18-30(23,29)8/h19,21,23-25,27H,9-18H2,1-8H3/t21-,23+,24-,25-,27-,28-,29-,30+/m0/s1. The highest BCUT2D eigenvalue weighted by molar-refractivity contribution is 5.85. The summed E-state index contributed by atoms with van der Waals surface area (Å²) in [5.74, 6) is 4.54. The number of hydrogen-bond acceptors (Lipinski definition) is 1. The molecule has 0 heterocycles. The number of allylic oxidation sites excluding steroid dienone is 2. The molecule has 8 atom stereocenters. The molecule has 0 amide bonds. The van der Waals surface area contributed by atoms with Crippen LogP contribution < -0.4 is 0 Å². The third-order valence-electron chi connectivity index (χ3n) is 11.6. The SMILES string of the molecule is CC(C)=C1CC[C@]2(C)[C@@H]3C(=O)C[C@]4(C)[C@@H]([C@@H](C)CCCC(C)C)CC[C@@]4(C)[C@H]3CC[C@@H]12. The molecule has 0 N–H and O–H groups in total. The van der Waals surface area contributed by atoms with E-state index >= 15 is 0 Å². The van der Waals surface area contributed by atoms with Crippen molar-refractivity contribution in [2.75, 3.05) is 0 Å². The van der Waals surface area contributed by atoms with Gasteiger partial charge in [0.05, 0.1) is 0 Å². The summed E-state index contributed by atoms with van der Waals surface area (Å²) >= 11 is 0. The number of hydrogen-bond donors (Lipinski definition) is 0. The summed E-state index contributed by atoms with van der Waals surface area (Å²) in [5, 5.41) is 0. The monoisotopic (exact) mass is 426 g/mol. The van der Waals surface area contributed by atoms with E-state index in [0.717, 1.165) is 24.2 Å². The molecule has 0 aromatic rings. The van der Waals surface area contributed by atoms with Crippen LogP contribution in [0.2, 0.25) is 0 Å². The summed E-state index contributed by atoms with van der Waals surface area (Å²) in [4.78, 5) is 14.0. The Hall–Kier alpha value is -0.590. The van der Waals surface area contributed by atoms with Crippen molar-refractivity contribution in [1.29, 1.82) is 0 Å². The second kappa shape index (κ2) is 8.02. The van der Waals surface area contributed by atoms with Gasteiger partial charge in [-0.3, -0.25) is 4.79 Å². The molecular formula is C30H50O. The van der Waals surface area contributed by atoms with Crippen molar-refractivity contribution in [2.24, 2.45) is 51.8 Å². The topological polar surface area (TPSA) is 17.1 Å². The van der Waals surface area contributed by atoms with Crippen molar-refractivity contribution < 1.29 is 4.79 Å². The molecular weight excluding hydrogens is 376 g/mol. The summed E-state index contributed by atoms with van der Waals surface area (Å²) in [6, 6.07) is 0. The molecule has 1 nitrogen and oxygen atoms in total. The largest absolute Gasteiger partial charge is 0.299 e. The van der Waals surface area contributed by atoms with E-state index < -0.39 is 0 Å². The predicted molar refractivity (Wildman–Crippen MR) is 132 cm³/mol. The third-order valence-corrected chi connectivity index (χ3v) is 11.6. The van der Waals surface area contributed by atoms with Crippen LogP contribution in [-0.4, -0.2) is 5.78 Å². The van der Waals surface area contributed by atoms with Gasteiger partial charge in [0.15, 0.2) is 0 Å². The van der Waals surface area contributed by atoms with E-state index in [-0.39, 0.29) is 10.8 Å². The molecule has 1 heteroatoms. The quantitative estimate of drug-likeness (QED) is 0.402. The summed E-state index contributed by atoms with van der Waals surface area (Å²) in [6.07, 6.45) is 12.7. The van der Waals surface area contributed by atoms with Crippen LogP contribution in [0.4, 0.5) is 0 Å². The molecule has 0 saturated heterocycles. The average Bonchev–Trinajstić information content (AvgIpc) is 3.15. The number of fused-ring (bicyclic) bond motifs is 5. The smallest absolute Gasteiger partial charge is 0.137 e. The number of ketones is 1. The lowest BCUT2D eigenvalue weighted by Crippen LogP contribution is -2.59. The zero-order valence-electron chi connectivity index (χ0n) is 21.9. The summed E-state index contributed by atoms with van der Waals surface area (Å²) < 4.78 is 0. The first-order valence-electron chi connectivity index (χ1n) is 13.6. The van der Waals surface area contributed by atoms with E-state index in [2.05, 4.69) is 55.4 Å². The highest BCUT2D eigenvalue weighted by atomic mass is 16.1. The molecule has 0 spiro atoms. The molecule has 4 aliphatic carbocycles. The van der Waals surface area contributed by atoms with Gasteiger partial charge in [-0.25, -0.2) is 0 Å². The Balaban J connectivity index is 1.61. The van der Waals surface area contributed by atoms with E-state index in [0.29, 0.717) is 29.0 Å². The van der Waals surface area contributed by atoms with Crippen LogP contribution in [0, 0.1) is 51.8 Å². The van der Waals surface area contributed by atoms with Gasteiger partial charge in [0.25, 0.3) is 0 Å². The fourth-order valence-corrected chi connectivity index (χ4v) is 9.73. The lowest BCUT2D eigenvalue weighted by Gasteiger charge is -2.62. The highest BCUT2D eigenvalue weighted by Crippen LogP contribution is 2.73. The first-order valence-corrected chi connectivity index (χ1v) is 13.6. The Labute approximate surface area is 193 Å². The van der Waals surface area contributed by atoms with Crippen molar-refractivity contribution in [3.63, 3.8) is 0 Å². The van der Waals surface area contributed by atoms with Gasteiger partial charge in [-0.2, -0.15) is 0 Å². The maximum atomic E-state index is 14.0. The number of rotatable bonds is 5. The van der Waals surface area contributed by atoms with Crippen molar-refractivity contribution in [2.45, 2.75) is 120 Å². The molecule has 4 fully saturated rings. The minimum absolute atomic E-state index is 0.212. The number of carbonyl (C=O) groups excluding carboxylic acids is 1. The summed E-state index contributed by atoms with van der Waals surface area (Å²) in [6.45, 7) is 19.5. The second-order valence-corrected chi connectivity index (χ2v) is 13.7. The Kier molecular flexibility index (Phi) is 6.09. The van der Waals surface area contributed by atoms with Crippen molar-refractivity contribution >= 4 is 5.78 Å². The molecule has 0 unspecified atom stereocenters. The molecule has 176 valence electrons. The minimum atomic E-state index is 0.212. The molecule has 4 saturated carbocycles. The molecule has 0 radical (unpaired) electrons. The van der Waals surface area contributed by atoms with Crippen LogP contribution in [0.1, 0.15) is 120 Å². The Morgan fingerprint density at radius 3 is 2.32 bits per heavy atom. The van der Waals surface area contributed by atoms with Gasteiger partial charge >= 0.3 is 0 Å². The molecule has 0 aromatic carbocycles. The third kappa shape index (κ3) is 3.42. The maximum absolute atomic E-state index is 14.0. The zero-order valence-corrected chi connectivity index (χ0v) is 21.9. The van der Waals surface area contributed by atoms with Crippen molar-refractivity contribution in [1.82, 2.24) is 0 Å². The number of Topliss-reactive ketones (excluding diaryl/α,β-unsaturated/α-hetero) is 1.